The highest BCUT2D eigenvalue weighted by molar-refractivity contribution is 6.02. The van der Waals surface area contributed by atoms with Gasteiger partial charge in [0.05, 0.1) is 5.56 Å². The number of hydrogen-bond donors (Lipinski definition) is 2. The van der Waals surface area contributed by atoms with Gasteiger partial charge in [-0.1, -0.05) is 18.2 Å². The molecular formula is C22H30N4O3. The van der Waals surface area contributed by atoms with Gasteiger partial charge < -0.3 is 25.2 Å². The number of hydrogen-bond acceptors (Lipinski definition) is 5. The Morgan fingerprint density at radius 3 is 2.38 bits per heavy atom. The minimum Gasteiger partial charge on any atom is -0.484 e. The molecule has 7 heteroatoms. The summed E-state index contributed by atoms with van der Waals surface area (Å²) in [6.07, 6.45) is 0.864. The number of rotatable bonds is 10. The summed E-state index contributed by atoms with van der Waals surface area (Å²) in [6, 6.07) is 14.4. The first-order valence-electron chi connectivity index (χ1n) is 9.59. The van der Waals surface area contributed by atoms with Crippen molar-refractivity contribution in [3.8, 4) is 5.75 Å². The summed E-state index contributed by atoms with van der Waals surface area (Å²) in [4.78, 5) is 28.8. The van der Waals surface area contributed by atoms with Crippen LogP contribution in [0.4, 0.5) is 11.4 Å². The lowest BCUT2D eigenvalue weighted by atomic mass is 10.1. The Bertz CT molecular complexity index is 807. The molecule has 2 N–H and O–H groups in total. The van der Waals surface area contributed by atoms with E-state index < -0.39 is 0 Å². The highest BCUT2D eigenvalue weighted by Crippen LogP contribution is 2.23. The minimum atomic E-state index is -0.288. The first-order valence-corrected chi connectivity index (χ1v) is 9.59. The van der Waals surface area contributed by atoms with Crippen molar-refractivity contribution < 1.29 is 14.3 Å². The Labute approximate surface area is 172 Å². The molecule has 0 atom stereocenters. The first-order chi connectivity index (χ1) is 13.9. The molecular weight excluding hydrogens is 368 g/mol. The van der Waals surface area contributed by atoms with E-state index in [1.165, 1.54) is 0 Å². The molecule has 2 rings (SSSR count). The number of carbonyl (C=O) groups excluding carboxylic acids is 2. The number of nitrogens with zero attached hydrogens (tertiary/aromatic N) is 2. The zero-order valence-corrected chi connectivity index (χ0v) is 17.6. The van der Waals surface area contributed by atoms with Gasteiger partial charge in [0, 0.05) is 32.0 Å². The summed E-state index contributed by atoms with van der Waals surface area (Å²) >= 11 is 0. The van der Waals surface area contributed by atoms with Gasteiger partial charge in [-0.25, -0.2) is 0 Å². The van der Waals surface area contributed by atoms with Gasteiger partial charge in [0.15, 0.2) is 6.61 Å². The van der Waals surface area contributed by atoms with Crippen molar-refractivity contribution in [2.24, 2.45) is 0 Å². The maximum Gasteiger partial charge on any atom is 0.262 e. The second kappa shape index (κ2) is 11.1. The molecule has 156 valence electrons. The molecule has 0 spiro atoms. The molecule has 0 saturated carbocycles. The molecule has 0 saturated heterocycles. The molecule has 0 heterocycles. The highest BCUT2D eigenvalue weighted by Gasteiger charge is 2.15. The summed E-state index contributed by atoms with van der Waals surface area (Å²) in [7, 11) is 7.76. The molecule has 0 bridgehead atoms. The normalized spacial score (nSPS) is 10.5. The van der Waals surface area contributed by atoms with Gasteiger partial charge in [-0.2, -0.15) is 0 Å². The van der Waals surface area contributed by atoms with E-state index in [0.29, 0.717) is 23.5 Å². The lowest BCUT2D eigenvalue weighted by molar-refractivity contribution is -0.118. The zero-order valence-electron chi connectivity index (χ0n) is 17.6. The third-order valence-corrected chi connectivity index (χ3v) is 4.19. The summed E-state index contributed by atoms with van der Waals surface area (Å²) in [5.74, 6) is 0.177. The molecule has 2 aromatic rings. The fourth-order valence-corrected chi connectivity index (χ4v) is 2.74. The van der Waals surface area contributed by atoms with Crippen LogP contribution in [0.15, 0.2) is 48.5 Å². The first kappa shape index (κ1) is 22.2. The summed E-state index contributed by atoms with van der Waals surface area (Å²) in [6.45, 7) is 1.38. The van der Waals surface area contributed by atoms with Crippen LogP contribution in [0.3, 0.4) is 0 Å². The summed E-state index contributed by atoms with van der Waals surface area (Å²) in [5, 5.41) is 5.73. The quantitative estimate of drug-likeness (QED) is 0.602. The number of nitrogens with one attached hydrogen (secondary N) is 2. The number of amides is 2. The van der Waals surface area contributed by atoms with Crippen LogP contribution >= 0.6 is 0 Å². The lowest BCUT2D eigenvalue weighted by Gasteiger charge is -2.19. The second-order valence-electron chi connectivity index (χ2n) is 7.19. The van der Waals surface area contributed by atoms with Gasteiger partial charge in [-0.3, -0.25) is 9.59 Å². The van der Waals surface area contributed by atoms with Crippen LogP contribution in [0.1, 0.15) is 16.8 Å². The number of carbonyl (C=O) groups is 2. The fourth-order valence-electron chi connectivity index (χ4n) is 2.74. The third-order valence-electron chi connectivity index (χ3n) is 4.19. The van der Waals surface area contributed by atoms with E-state index in [0.717, 1.165) is 18.7 Å². The van der Waals surface area contributed by atoms with E-state index in [-0.39, 0.29) is 18.4 Å². The molecule has 29 heavy (non-hydrogen) atoms. The predicted octanol–water partition coefficient (Wildman–Crippen LogP) is 2.45. The van der Waals surface area contributed by atoms with Crippen molar-refractivity contribution in [2.75, 3.05) is 58.1 Å². The fraction of sp³-hybridized carbons (Fsp3) is 0.364. The highest BCUT2D eigenvalue weighted by atomic mass is 16.5. The van der Waals surface area contributed by atoms with E-state index in [4.69, 9.17) is 4.74 Å². The maximum atomic E-state index is 12.7. The molecule has 0 unspecified atom stereocenters. The molecule has 0 aliphatic heterocycles. The van der Waals surface area contributed by atoms with Crippen LogP contribution < -0.4 is 20.3 Å². The summed E-state index contributed by atoms with van der Waals surface area (Å²) in [5.41, 5.74) is 1.85. The number of para-hydroxylation sites is 1. The molecule has 2 aromatic carbocycles. The van der Waals surface area contributed by atoms with Crippen LogP contribution in [0.25, 0.3) is 0 Å². The van der Waals surface area contributed by atoms with Crippen LogP contribution in [-0.4, -0.2) is 64.6 Å². The average Bonchev–Trinajstić information content (AvgIpc) is 2.70. The molecule has 0 radical (unpaired) electrons. The molecule has 7 nitrogen and oxygen atoms in total. The maximum absolute atomic E-state index is 12.7. The minimum absolute atomic E-state index is 0.106. The average molecular weight is 399 g/mol. The van der Waals surface area contributed by atoms with Crippen molar-refractivity contribution in [1.29, 1.82) is 0 Å². The van der Waals surface area contributed by atoms with Gasteiger partial charge in [-0.15, -0.1) is 0 Å². The topological polar surface area (TPSA) is 73.9 Å². The van der Waals surface area contributed by atoms with Crippen molar-refractivity contribution >= 4 is 23.2 Å². The van der Waals surface area contributed by atoms with Crippen LogP contribution in [0.2, 0.25) is 0 Å². The second-order valence-corrected chi connectivity index (χ2v) is 7.19. The Balaban J connectivity index is 2.00. The smallest absolute Gasteiger partial charge is 0.262 e. The van der Waals surface area contributed by atoms with Crippen molar-refractivity contribution in [2.45, 2.75) is 6.42 Å². The van der Waals surface area contributed by atoms with Crippen LogP contribution in [0.5, 0.6) is 5.75 Å². The molecule has 0 aliphatic carbocycles. The van der Waals surface area contributed by atoms with Gasteiger partial charge in [0.2, 0.25) is 0 Å². The Kier molecular flexibility index (Phi) is 8.48. The zero-order chi connectivity index (χ0) is 21.2. The van der Waals surface area contributed by atoms with E-state index in [1.54, 1.807) is 24.3 Å². The Morgan fingerprint density at radius 1 is 1.00 bits per heavy atom. The summed E-state index contributed by atoms with van der Waals surface area (Å²) < 4.78 is 5.46. The number of anilines is 2. The predicted molar refractivity (Wildman–Crippen MR) is 117 cm³/mol. The van der Waals surface area contributed by atoms with Crippen molar-refractivity contribution in [3.63, 3.8) is 0 Å². The standard InChI is InChI=1S/C22H30N4O3/c1-25(2)14-8-13-23-22(28)19-15-17(11-12-20(19)26(3)4)24-21(27)16-29-18-9-6-5-7-10-18/h5-7,9-12,15H,8,13-14,16H2,1-4H3,(H,23,28)(H,24,27). The van der Waals surface area contributed by atoms with E-state index in [9.17, 15) is 9.59 Å². The number of benzene rings is 2. The molecule has 0 aromatic heterocycles. The number of ether oxygens (including phenoxy) is 1. The lowest BCUT2D eigenvalue weighted by Crippen LogP contribution is -2.29. The van der Waals surface area contributed by atoms with E-state index in [2.05, 4.69) is 15.5 Å². The van der Waals surface area contributed by atoms with Crippen molar-refractivity contribution in [3.05, 3.63) is 54.1 Å². The Hall–Kier alpha value is -3.06. The monoisotopic (exact) mass is 398 g/mol. The van der Waals surface area contributed by atoms with Crippen LogP contribution in [-0.2, 0) is 4.79 Å². The van der Waals surface area contributed by atoms with Gasteiger partial charge in [0.25, 0.3) is 11.8 Å². The Morgan fingerprint density at radius 2 is 1.72 bits per heavy atom. The molecule has 0 aliphatic rings. The van der Waals surface area contributed by atoms with E-state index >= 15 is 0 Å². The molecule has 2 amide bonds. The van der Waals surface area contributed by atoms with Gasteiger partial charge >= 0.3 is 0 Å². The SMILES string of the molecule is CN(C)CCCNC(=O)c1cc(NC(=O)COc2ccccc2)ccc1N(C)C. The van der Waals surface area contributed by atoms with Gasteiger partial charge in [-0.05, 0) is 57.4 Å². The van der Waals surface area contributed by atoms with E-state index in [1.807, 2.05) is 57.4 Å². The van der Waals surface area contributed by atoms with Gasteiger partial charge in [0.1, 0.15) is 5.75 Å². The van der Waals surface area contributed by atoms with Crippen LogP contribution in [0, 0.1) is 0 Å². The third kappa shape index (κ3) is 7.46. The largest absolute Gasteiger partial charge is 0.484 e. The molecule has 0 fully saturated rings. The van der Waals surface area contributed by atoms with Crippen molar-refractivity contribution in [1.82, 2.24) is 10.2 Å².